The summed E-state index contributed by atoms with van der Waals surface area (Å²) in [4.78, 5) is 10.5. The van der Waals surface area contributed by atoms with Gasteiger partial charge in [0.05, 0.1) is 0 Å². The number of nitrogens with one attached hydrogen (secondary N) is 1. The Kier molecular flexibility index (Phi) is 2.52. The summed E-state index contributed by atoms with van der Waals surface area (Å²) in [6.45, 7) is 0. The van der Waals surface area contributed by atoms with E-state index in [0.717, 1.165) is 6.07 Å². The summed E-state index contributed by atoms with van der Waals surface area (Å²) in [6.07, 6.45) is -3.91. The van der Waals surface area contributed by atoms with Crippen LogP contribution >= 0.6 is 0 Å². The Morgan fingerprint density at radius 1 is 1.53 bits per heavy atom. The van der Waals surface area contributed by atoms with Crippen LogP contribution in [0, 0.1) is 0 Å². The number of carbonyl (C=O) groups is 1. The van der Waals surface area contributed by atoms with Gasteiger partial charge in [0.15, 0.2) is 0 Å². The van der Waals surface area contributed by atoms with Crippen LogP contribution in [0.5, 0.6) is 0 Å². The van der Waals surface area contributed by atoms with Crippen LogP contribution in [0.2, 0.25) is 0 Å². The normalized spacial score (nSPS) is 18.5. The van der Waals surface area contributed by atoms with Gasteiger partial charge in [-0.15, -0.1) is 0 Å². The molecule has 0 bridgehead atoms. The largest absolute Gasteiger partial charge is 0.400 e. The highest BCUT2D eigenvalue weighted by Crippen LogP contribution is 2.54. The lowest BCUT2D eigenvalue weighted by molar-refractivity contribution is -0.214. The Labute approximate surface area is 94.1 Å². The zero-order valence-corrected chi connectivity index (χ0v) is 8.67. The van der Waals surface area contributed by atoms with Crippen LogP contribution in [-0.4, -0.2) is 17.4 Å². The molecule has 0 atom stereocenters. The van der Waals surface area contributed by atoms with Gasteiger partial charge < -0.3 is 10.3 Å². The van der Waals surface area contributed by atoms with Crippen LogP contribution in [-0.2, 0) is 5.41 Å². The SMILES string of the molecule is NC(=O)Nc1cc(C2(C(F)(F)F)CCC2)no1. The molecule has 1 saturated carbocycles. The van der Waals surface area contributed by atoms with Gasteiger partial charge in [-0.05, 0) is 12.8 Å². The highest BCUT2D eigenvalue weighted by Gasteiger charge is 2.61. The zero-order valence-electron chi connectivity index (χ0n) is 8.67. The lowest BCUT2D eigenvalue weighted by Gasteiger charge is -2.41. The molecule has 8 heteroatoms. The molecule has 1 fully saturated rings. The van der Waals surface area contributed by atoms with Gasteiger partial charge in [-0.3, -0.25) is 5.32 Å². The summed E-state index contributed by atoms with van der Waals surface area (Å²) in [5.74, 6) is -0.178. The van der Waals surface area contributed by atoms with Crippen LogP contribution < -0.4 is 11.1 Å². The molecular weight excluding hydrogens is 239 g/mol. The monoisotopic (exact) mass is 249 g/mol. The van der Waals surface area contributed by atoms with Crippen LogP contribution in [0.4, 0.5) is 23.8 Å². The molecule has 0 radical (unpaired) electrons. The molecule has 0 unspecified atom stereocenters. The second kappa shape index (κ2) is 3.64. The van der Waals surface area contributed by atoms with Crippen LogP contribution in [0.1, 0.15) is 25.0 Å². The summed E-state index contributed by atoms with van der Waals surface area (Å²) in [6, 6.07) is 0.152. The van der Waals surface area contributed by atoms with E-state index < -0.39 is 17.6 Å². The summed E-state index contributed by atoms with van der Waals surface area (Å²) in [7, 11) is 0. The van der Waals surface area contributed by atoms with E-state index in [4.69, 9.17) is 5.73 Å². The van der Waals surface area contributed by atoms with E-state index in [-0.39, 0.29) is 24.4 Å². The van der Waals surface area contributed by atoms with Crippen molar-refractivity contribution in [2.24, 2.45) is 5.73 Å². The lowest BCUT2D eigenvalue weighted by Crippen LogP contribution is -2.48. The van der Waals surface area contributed by atoms with Crippen molar-refractivity contribution in [3.63, 3.8) is 0 Å². The summed E-state index contributed by atoms with van der Waals surface area (Å²) in [5.41, 5.74) is 2.67. The highest BCUT2D eigenvalue weighted by molar-refractivity contribution is 5.86. The molecule has 0 aliphatic heterocycles. The summed E-state index contributed by atoms with van der Waals surface area (Å²) in [5, 5.41) is 5.40. The minimum Gasteiger partial charge on any atom is -0.351 e. The molecular formula is C9H10F3N3O2. The fourth-order valence-corrected chi connectivity index (χ4v) is 1.90. The van der Waals surface area contributed by atoms with E-state index in [9.17, 15) is 18.0 Å². The molecule has 1 aromatic heterocycles. The fraction of sp³-hybridized carbons (Fsp3) is 0.556. The molecule has 3 N–H and O–H groups in total. The average molecular weight is 249 g/mol. The Bertz CT molecular complexity index is 437. The number of alkyl halides is 3. The lowest BCUT2D eigenvalue weighted by atomic mass is 9.66. The molecule has 0 saturated heterocycles. The molecule has 0 aromatic carbocycles. The second-order valence-corrected chi connectivity index (χ2v) is 4.00. The van der Waals surface area contributed by atoms with Gasteiger partial charge in [0.1, 0.15) is 11.1 Å². The predicted octanol–water partition coefficient (Wildman–Crippen LogP) is 2.15. The van der Waals surface area contributed by atoms with Crippen molar-refractivity contribution < 1.29 is 22.5 Å². The van der Waals surface area contributed by atoms with Crippen molar-refractivity contribution in [2.75, 3.05) is 5.32 Å². The number of primary amides is 1. The number of hydrogen-bond donors (Lipinski definition) is 2. The molecule has 2 rings (SSSR count). The quantitative estimate of drug-likeness (QED) is 0.842. The van der Waals surface area contributed by atoms with Gasteiger partial charge in [-0.2, -0.15) is 13.2 Å². The first-order valence-electron chi connectivity index (χ1n) is 4.95. The highest BCUT2D eigenvalue weighted by atomic mass is 19.4. The van der Waals surface area contributed by atoms with Crippen molar-refractivity contribution in [3.8, 4) is 0 Å². The maximum atomic E-state index is 12.9. The first-order chi connectivity index (χ1) is 7.85. The van der Waals surface area contributed by atoms with Gasteiger partial charge in [0.25, 0.3) is 0 Å². The Morgan fingerprint density at radius 2 is 2.18 bits per heavy atom. The van der Waals surface area contributed by atoms with Gasteiger partial charge in [0, 0.05) is 6.07 Å². The van der Waals surface area contributed by atoms with E-state index >= 15 is 0 Å². The van der Waals surface area contributed by atoms with Crippen molar-refractivity contribution in [3.05, 3.63) is 11.8 Å². The number of carbonyl (C=O) groups excluding carboxylic acids is 1. The molecule has 1 aliphatic rings. The standard InChI is InChI=1S/C9H10F3N3O2/c10-9(11,12)8(2-1-3-8)5-4-6(17-15-5)14-7(13)16/h4H,1-3H2,(H3,13,14,16). The smallest absolute Gasteiger partial charge is 0.351 e. The van der Waals surface area contributed by atoms with Crippen molar-refractivity contribution in [2.45, 2.75) is 30.9 Å². The molecule has 5 nitrogen and oxygen atoms in total. The van der Waals surface area contributed by atoms with Gasteiger partial charge in [0.2, 0.25) is 5.88 Å². The minimum absolute atomic E-state index is 0.0148. The first-order valence-corrected chi connectivity index (χ1v) is 4.95. The zero-order chi connectivity index (χ0) is 12.7. The predicted molar refractivity (Wildman–Crippen MR) is 51.3 cm³/mol. The number of hydrogen-bond acceptors (Lipinski definition) is 3. The van der Waals surface area contributed by atoms with Gasteiger partial charge >= 0.3 is 12.2 Å². The molecule has 0 spiro atoms. The molecule has 17 heavy (non-hydrogen) atoms. The third-order valence-corrected chi connectivity index (χ3v) is 3.00. The molecule has 1 aromatic rings. The molecule has 2 amide bonds. The topological polar surface area (TPSA) is 81.2 Å². The maximum absolute atomic E-state index is 12.9. The minimum atomic E-state index is -4.37. The number of anilines is 1. The Balaban J connectivity index is 2.27. The second-order valence-electron chi connectivity index (χ2n) is 4.00. The van der Waals surface area contributed by atoms with Crippen LogP contribution in [0.3, 0.4) is 0 Å². The van der Waals surface area contributed by atoms with Gasteiger partial charge in [-0.25, -0.2) is 4.79 Å². The molecule has 1 heterocycles. The number of rotatable bonds is 2. The van der Waals surface area contributed by atoms with Crippen molar-refractivity contribution in [1.29, 1.82) is 0 Å². The number of aromatic nitrogens is 1. The number of amides is 2. The van der Waals surface area contributed by atoms with E-state index in [1.54, 1.807) is 0 Å². The van der Waals surface area contributed by atoms with Crippen LogP contribution in [0.25, 0.3) is 0 Å². The van der Waals surface area contributed by atoms with Crippen molar-refractivity contribution >= 4 is 11.9 Å². The molecule has 94 valence electrons. The van der Waals surface area contributed by atoms with Gasteiger partial charge in [-0.1, -0.05) is 11.6 Å². The average Bonchev–Trinajstić information content (AvgIpc) is 2.46. The van der Waals surface area contributed by atoms with Crippen LogP contribution in [0.15, 0.2) is 10.6 Å². The molecule has 1 aliphatic carbocycles. The third kappa shape index (κ3) is 1.83. The van der Waals surface area contributed by atoms with E-state index in [1.165, 1.54) is 0 Å². The summed E-state index contributed by atoms with van der Waals surface area (Å²) >= 11 is 0. The summed E-state index contributed by atoms with van der Waals surface area (Å²) < 4.78 is 43.3. The third-order valence-electron chi connectivity index (χ3n) is 3.00. The van der Waals surface area contributed by atoms with E-state index in [2.05, 4.69) is 9.68 Å². The first kappa shape index (κ1) is 11.7. The number of nitrogens with two attached hydrogens (primary N) is 1. The number of nitrogens with zero attached hydrogens (tertiary/aromatic N) is 1. The Morgan fingerprint density at radius 3 is 2.59 bits per heavy atom. The van der Waals surface area contributed by atoms with E-state index in [0.29, 0.717) is 6.42 Å². The number of halogens is 3. The number of urea groups is 1. The van der Waals surface area contributed by atoms with Crippen molar-refractivity contribution in [1.82, 2.24) is 5.16 Å². The fourth-order valence-electron chi connectivity index (χ4n) is 1.90. The maximum Gasteiger partial charge on any atom is 0.400 e. The Hall–Kier alpha value is -1.73. The van der Waals surface area contributed by atoms with E-state index in [1.807, 2.05) is 5.32 Å².